The molecule has 0 bridgehead atoms. The zero-order valence-corrected chi connectivity index (χ0v) is 19.6. The fraction of sp³-hybridized carbons (Fsp3) is 0.185. The molecule has 0 aromatic heterocycles. The van der Waals surface area contributed by atoms with Crippen LogP contribution in [0.15, 0.2) is 76.5 Å². The van der Waals surface area contributed by atoms with E-state index >= 15 is 0 Å². The van der Waals surface area contributed by atoms with E-state index in [2.05, 4.69) is 5.32 Å². The number of piperazine rings is 1. The number of nitrogens with one attached hydrogen (secondary N) is 1. The predicted molar refractivity (Wildman–Crippen MR) is 135 cm³/mol. The molecule has 7 heteroatoms. The minimum absolute atomic E-state index is 0.0867. The van der Waals surface area contributed by atoms with Gasteiger partial charge in [-0.1, -0.05) is 53.7 Å². The van der Waals surface area contributed by atoms with Crippen molar-refractivity contribution in [2.45, 2.75) is 11.8 Å². The zero-order valence-electron chi connectivity index (χ0n) is 18.8. The van der Waals surface area contributed by atoms with E-state index < -0.39 is 0 Å². The van der Waals surface area contributed by atoms with Crippen LogP contribution in [0.1, 0.15) is 21.5 Å². The molecule has 0 aliphatic carbocycles. The van der Waals surface area contributed by atoms with Crippen LogP contribution < -0.4 is 10.2 Å². The summed E-state index contributed by atoms with van der Waals surface area (Å²) in [6.45, 7) is 4.17. The van der Waals surface area contributed by atoms with Gasteiger partial charge in [0, 0.05) is 36.6 Å². The van der Waals surface area contributed by atoms with Gasteiger partial charge in [0.25, 0.3) is 11.8 Å². The van der Waals surface area contributed by atoms with E-state index in [4.69, 9.17) is 0 Å². The first-order valence-corrected chi connectivity index (χ1v) is 12.0. The number of anilines is 2. The van der Waals surface area contributed by atoms with Crippen LogP contribution >= 0.6 is 11.8 Å². The second-order valence-electron chi connectivity index (χ2n) is 8.42. The Labute approximate surface area is 202 Å². The number of rotatable bonds is 3. The van der Waals surface area contributed by atoms with Crippen molar-refractivity contribution in [2.75, 3.05) is 36.4 Å². The number of para-hydroxylation sites is 1. The predicted octanol–water partition coefficient (Wildman–Crippen LogP) is 5.18. The molecule has 34 heavy (non-hydrogen) atoms. The smallest absolute Gasteiger partial charge is 0.262 e. The van der Waals surface area contributed by atoms with Crippen LogP contribution in [0.4, 0.5) is 15.8 Å². The first-order chi connectivity index (χ1) is 16.5. The Hall–Kier alpha value is -3.58. The number of benzene rings is 3. The summed E-state index contributed by atoms with van der Waals surface area (Å²) >= 11 is 1.40. The van der Waals surface area contributed by atoms with Crippen molar-refractivity contribution in [3.8, 4) is 0 Å². The molecular formula is C27H24FN3O2S. The monoisotopic (exact) mass is 473 g/mol. The molecule has 2 aliphatic rings. The van der Waals surface area contributed by atoms with Crippen LogP contribution in [0.3, 0.4) is 0 Å². The summed E-state index contributed by atoms with van der Waals surface area (Å²) in [5.41, 5.74) is 3.85. The second-order valence-corrected chi connectivity index (χ2v) is 9.50. The minimum Gasteiger partial charge on any atom is -0.366 e. The number of hydrogen-bond donors (Lipinski definition) is 1. The molecule has 1 fully saturated rings. The highest BCUT2D eigenvalue weighted by Gasteiger charge is 2.26. The van der Waals surface area contributed by atoms with Crippen LogP contribution in [0, 0.1) is 12.7 Å². The highest BCUT2D eigenvalue weighted by atomic mass is 32.2. The van der Waals surface area contributed by atoms with Gasteiger partial charge < -0.3 is 15.1 Å². The maximum absolute atomic E-state index is 14.1. The summed E-state index contributed by atoms with van der Waals surface area (Å²) in [5.74, 6) is -0.514. The van der Waals surface area contributed by atoms with Crippen LogP contribution in [-0.2, 0) is 4.79 Å². The summed E-state index contributed by atoms with van der Waals surface area (Å²) in [6.07, 6.45) is 1.88. The number of fused-ring (bicyclic) bond motifs is 1. The SMILES string of the molecule is Cc1cccc(/C=C2/Sc3ccc(C(=O)N4CCN(c5ccccc5F)CC4)cc3NC2=O)c1. The molecule has 3 aromatic carbocycles. The lowest BCUT2D eigenvalue weighted by Gasteiger charge is -2.36. The van der Waals surface area contributed by atoms with E-state index in [1.807, 2.05) is 54.3 Å². The molecule has 0 atom stereocenters. The summed E-state index contributed by atoms with van der Waals surface area (Å²) < 4.78 is 14.1. The van der Waals surface area contributed by atoms with Crippen molar-refractivity contribution in [1.82, 2.24) is 4.90 Å². The van der Waals surface area contributed by atoms with Gasteiger partial charge in [-0.3, -0.25) is 9.59 Å². The average molecular weight is 474 g/mol. The number of hydrogen-bond acceptors (Lipinski definition) is 4. The molecule has 0 radical (unpaired) electrons. The Balaban J connectivity index is 1.28. The lowest BCUT2D eigenvalue weighted by molar-refractivity contribution is -0.112. The van der Waals surface area contributed by atoms with Gasteiger partial charge in [0.15, 0.2) is 0 Å². The molecule has 3 aromatic rings. The standard InChI is InChI=1S/C27H24FN3O2S/c1-18-5-4-6-19(15-18)16-25-26(32)29-22-17-20(9-10-24(22)34-25)27(33)31-13-11-30(12-14-31)23-8-3-2-7-21(23)28/h2-10,15-17H,11-14H2,1H3,(H,29,32)/b25-16+. The topological polar surface area (TPSA) is 52.7 Å². The number of carbonyl (C=O) groups excluding carboxylic acids is 2. The summed E-state index contributed by atoms with van der Waals surface area (Å²) in [4.78, 5) is 31.1. The first-order valence-electron chi connectivity index (χ1n) is 11.2. The second kappa shape index (κ2) is 9.35. The van der Waals surface area contributed by atoms with Crippen LogP contribution in [0.5, 0.6) is 0 Å². The molecule has 2 aliphatic heterocycles. The molecule has 0 saturated carbocycles. The van der Waals surface area contributed by atoms with Gasteiger partial charge >= 0.3 is 0 Å². The van der Waals surface area contributed by atoms with E-state index in [0.717, 1.165) is 16.0 Å². The van der Waals surface area contributed by atoms with Crippen molar-refractivity contribution in [3.63, 3.8) is 0 Å². The van der Waals surface area contributed by atoms with Crippen LogP contribution in [0.25, 0.3) is 6.08 Å². The van der Waals surface area contributed by atoms with Crippen molar-refractivity contribution in [1.29, 1.82) is 0 Å². The Morgan fingerprint density at radius 3 is 2.56 bits per heavy atom. The summed E-state index contributed by atoms with van der Waals surface area (Å²) in [6, 6.07) is 20.1. The van der Waals surface area contributed by atoms with E-state index in [1.54, 1.807) is 29.2 Å². The molecule has 1 saturated heterocycles. The van der Waals surface area contributed by atoms with E-state index in [1.165, 1.54) is 17.8 Å². The lowest BCUT2D eigenvalue weighted by atomic mass is 10.1. The summed E-state index contributed by atoms with van der Waals surface area (Å²) in [5, 5.41) is 2.93. The third kappa shape index (κ3) is 4.56. The molecule has 2 heterocycles. The molecular weight excluding hydrogens is 449 g/mol. The van der Waals surface area contributed by atoms with Gasteiger partial charge in [-0.05, 0) is 48.9 Å². The van der Waals surface area contributed by atoms with E-state index in [0.29, 0.717) is 48.0 Å². The maximum Gasteiger partial charge on any atom is 0.262 e. The van der Waals surface area contributed by atoms with Gasteiger partial charge in [-0.2, -0.15) is 0 Å². The number of amides is 2. The molecule has 0 unspecified atom stereocenters. The number of halogens is 1. The van der Waals surface area contributed by atoms with Gasteiger partial charge in [-0.25, -0.2) is 4.39 Å². The largest absolute Gasteiger partial charge is 0.366 e. The van der Waals surface area contributed by atoms with Gasteiger partial charge in [0.2, 0.25) is 0 Å². The fourth-order valence-electron chi connectivity index (χ4n) is 4.25. The third-order valence-corrected chi connectivity index (χ3v) is 7.12. The lowest BCUT2D eigenvalue weighted by Crippen LogP contribution is -2.49. The van der Waals surface area contributed by atoms with Gasteiger partial charge in [0.1, 0.15) is 5.82 Å². The maximum atomic E-state index is 14.1. The Kier molecular flexibility index (Phi) is 6.11. The normalized spacial score (nSPS) is 16.9. The van der Waals surface area contributed by atoms with Crippen molar-refractivity contribution >= 4 is 41.0 Å². The van der Waals surface area contributed by atoms with E-state index in [9.17, 15) is 14.0 Å². The third-order valence-electron chi connectivity index (χ3n) is 6.02. The highest BCUT2D eigenvalue weighted by molar-refractivity contribution is 8.04. The molecule has 0 spiro atoms. The molecule has 2 amide bonds. The Morgan fingerprint density at radius 1 is 1.00 bits per heavy atom. The summed E-state index contributed by atoms with van der Waals surface area (Å²) in [7, 11) is 0. The molecule has 1 N–H and O–H groups in total. The minimum atomic E-state index is -0.249. The number of nitrogens with zero attached hydrogens (tertiary/aromatic N) is 2. The fourth-order valence-corrected chi connectivity index (χ4v) is 5.18. The number of carbonyl (C=O) groups is 2. The first kappa shape index (κ1) is 22.2. The van der Waals surface area contributed by atoms with Crippen molar-refractivity contribution in [2.24, 2.45) is 0 Å². The number of aryl methyl sites for hydroxylation is 1. The quantitative estimate of drug-likeness (QED) is 0.533. The zero-order chi connectivity index (χ0) is 23.7. The average Bonchev–Trinajstić information content (AvgIpc) is 2.84. The molecule has 5 rings (SSSR count). The van der Waals surface area contributed by atoms with Crippen LogP contribution in [-0.4, -0.2) is 42.9 Å². The molecule has 5 nitrogen and oxygen atoms in total. The van der Waals surface area contributed by atoms with Gasteiger partial charge in [-0.15, -0.1) is 0 Å². The Morgan fingerprint density at radius 2 is 1.79 bits per heavy atom. The van der Waals surface area contributed by atoms with E-state index in [-0.39, 0.29) is 17.6 Å². The Bertz CT molecular complexity index is 1300. The highest BCUT2D eigenvalue weighted by Crippen LogP contribution is 2.39. The van der Waals surface area contributed by atoms with Crippen LogP contribution in [0.2, 0.25) is 0 Å². The van der Waals surface area contributed by atoms with Crippen molar-refractivity contribution in [3.05, 3.63) is 94.1 Å². The van der Waals surface area contributed by atoms with Gasteiger partial charge in [0.05, 0.1) is 16.3 Å². The number of thioether (sulfide) groups is 1. The van der Waals surface area contributed by atoms with Crippen molar-refractivity contribution < 1.29 is 14.0 Å². The molecule has 172 valence electrons.